The van der Waals surface area contributed by atoms with Gasteiger partial charge in [-0.25, -0.2) is 0 Å². The molecule has 0 aromatic heterocycles. The van der Waals surface area contributed by atoms with Gasteiger partial charge in [0, 0.05) is 5.56 Å². The number of Topliss-reactive ketones (excluding diaryl/α,β-unsaturated/α-hetero) is 1. The average Bonchev–Trinajstić information content (AvgIpc) is 2.61. The predicted molar refractivity (Wildman–Crippen MR) is 103 cm³/mol. The summed E-state index contributed by atoms with van der Waals surface area (Å²) in [5.41, 5.74) is 11.5. The van der Waals surface area contributed by atoms with Gasteiger partial charge in [-0.05, 0) is 40.5 Å². The molecule has 2 aromatic carbocycles. The average molecular weight is 323 g/mol. The second-order valence-electron chi connectivity index (χ2n) is 7.06. The molecule has 128 valence electrons. The lowest BCUT2D eigenvalue weighted by molar-refractivity contribution is 0.100. The number of hydrogen-bond donors (Lipinski definition) is 1. The Kier molecular flexibility index (Phi) is 5.95. The fourth-order valence-corrected chi connectivity index (χ4v) is 2.93. The van der Waals surface area contributed by atoms with Crippen molar-refractivity contribution in [2.45, 2.75) is 52.4 Å². The van der Waals surface area contributed by atoms with Gasteiger partial charge in [-0.3, -0.25) is 4.79 Å². The van der Waals surface area contributed by atoms with Gasteiger partial charge in [0.15, 0.2) is 5.78 Å². The van der Waals surface area contributed by atoms with Crippen LogP contribution in [0.15, 0.2) is 42.5 Å². The SMILES string of the molecule is CCCc1cc(C(C)(C)CC)ccc1-c1ccc(C(=O)CN)cc1. The minimum atomic E-state index is -0.0182. The molecule has 0 fully saturated rings. The molecule has 0 aliphatic rings. The lowest BCUT2D eigenvalue weighted by Crippen LogP contribution is -2.15. The highest BCUT2D eigenvalue weighted by atomic mass is 16.1. The number of aryl methyl sites for hydroxylation is 1. The van der Waals surface area contributed by atoms with E-state index in [1.165, 1.54) is 16.7 Å². The van der Waals surface area contributed by atoms with E-state index in [-0.39, 0.29) is 17.7 Å². The van der Waals surface area contributed by atoms with Crippen LogP contribution in [0.4, 0.5) is 0 Å². The highest BCUT2D eigenvalue weighted by molar-refractivity contribution is 5.97. The summed E-state index contributed by atoms with van der Waals surface area (Å²) in [5, 5.41) is 0. The van der Waals surface area contributed by atoms with Gasteiger partial charge in [-0.2, -0.15) is 0 Å². The molecular weight excluding hydrogens is 294 g/mol. The summed E-state index contributed by atoms with van der Waals surface area (Å²) in [7, 11) is 0. The first-order chi connectivity index (χ1) is 11.4. The molecule has 2 nitrogen and oxygen atoms in total. The van der Waals surface area contributed by atoms with E-state index in [1.54, 1.807) is 0 Å². The molecule has 0 heterocycles. The standard InChI is InChI=1S/C22H29NO/c1-5-7-18-14-19(22(3,4)6-2)12-13-20(18)16-8-10-17(11-9-16)21(24)15-23/h8-14H,5-7,15,23H2,1-4H3. The van der Waals surface area contributed by atoms with Gasteiger partial charge in [0.25, 0.3) is 0 Å². The Hall–Kier alpha value is -1.93. The lowest BCUT2D eigenvalue weighted by Gasteiger charge is -2.25. The van der Waals surface area contributed by atoms with Gasteiger partial charge < -0.3 is 5.73 Å². The third kappa shape index (κ3) is 3.93. The van der Waals surface area contributed by atoms with Crippen molar-refractivity contribution in [3.05, 3.63) is 59.2 Å². The van der Waals surface area contributed by atoms with E-state index in [1.807, 2.05) is 24.3 Å². The predicted octanol–water partition coefficient (Wildman–Crippen LogP) is 5.14. The topological polar surface area (TPSA) is 43.1 Å². The molecule has 0 spiro atoms. The van der Waals surface area contributed by atoms with Crippen molar-refractivity contribution < 1.29 is 4.79 Å². The lowest BCUT2D eigenvalue weighted by atomic mass is 9.80. The second-order valence-corrected chi connectivity index (χ2v) is 7.06. The molecule has 0 saturated heterocycles. The zero-order valence-electron chi connectivity index (χ0n) is 15.4. The molecule has 24 heavy (non-hydrogen) atoms. The fraction of sp³-hybridized carbons (Fsp3) is 0.409. The Morgan fingerprint density at radius 2 is 1.71 bits per heavy atom. The van der Waals surface area contributed by atoms with Crippen molar-refractivity contribution in [3.8, 4) is 11.1 Å². The van der Waals surface area contributed by atoms with E-state index in [4.69, 9.17) is 5.73 Å². The van der Waals surface area contributed by atoms with Crippen LogP contribution in [0.5, 0.6) is 0 Å². The number of hydrogen-bond acceptors (Lipinski definition) is 2. The molecule has 2 heteroatoms. The maximum Gasteiger partial charge on any atom is 0.176 e. The number of nitrogens with two attached hydrogens (primary N) is 1. The Morgan fingerprint density at radius 1 is 1.04 bits per heavy atom. The Balaban J connectivity index is 2.44. The van der Waals surface area contributed by atoms with Crippen molar-refractivity contribution in [3.63, 3.8) is 0 Å². The molecule has 0 amide bonds. The van der Waals surface area contributed by atoms with Crippen LogP contribution in [0.3, 0.4) is 0 Å². The monoisotopic (exact) mass is 323 g/mol. The van der Waals surface area contributed by atoms with Gasteiger partial charge in [0.05, 0.1) is 6.54 Å². The Labute approximate surface area is 146 Å². The van der Waals surface area contributed by atoms with E-state index < -0.39 is 0 Å². The molecule has 0 saturated carbocycles. The summed E-state index contributed by atoms with van der Waals surface area (Å²) in [6.45, 7) is 9.10. The molecule has 0 aliphatic heterocycles. The second kappa shape index (κ2) is 7.76. The van der Waals surface area contributed by atoms with Gasteiger partial charge >= 0.3 is 0 Å². The van der Waals surface area contributed by atoms with Crippen LogP contribution in [-0.4, -0.2) is 12.3 Å². The number of carbonyl (C=O) groups excluding carboxylic acids is 1. The minimum absolute atomic E-state index is 0.0182. The molecular formula is C22H29NO. The van der Waals surface area contributed by atoms with Crippen molar-refractivity contribution in [1.29, 1.82) is 0 Å². The number of ketones is 1. The first-order valence-electron chi connectivity index (χ1n) is 8.90. The molecule has 0 atom stereocenters. The van der Waals surface area contributed by atoms with Gasteiger partial charge in [0.1, 0.15) is 0 Å². The molecule has 2 rings (SSSR count). The molecule has 2 aromatic rings. The van der Waals surface area contributed by atoms with E-state index in [0.717, 1.165) is 24.8 Å². The van der Waals surface area contributed by atoms with E-state index in [0.29, 0.717) is 5.56 Å². The summed E-state index contributed by atoms with van der Waals surface area (Å²) in [6, 6.07) is 14.7. The summed E-state index contributed by atoms with van der Waals surface area (Å²) < 4.78 is 0. The highest BCUT2D eigenvalue weighted by Gasteiger charge is 2.19. The normalized spacial score (nSPS) is 11.5. The van der Waals surface area contributed by atoms with Crippen molar-refractivity contribution >= 4 is 5.78 Å². The van der Waals surface area contributed by atoms with Crippen LogP contribution in [0.25, 0.3) is 11.1 Å². The van der Waals surface area contributed by atoms with Crippen LogP contribution in [0, 0.1) is 0 Å². The smallest absolute Gasteiger partial charge is 0.176 e. The molecule has 0 radical (unpaired) electrons. The van der Waals surface area contributed by atoms with Crippen LogP contribution in [0.1, 0.15) is 62.0 Å². The van der Waals surface area contributed by atoms with Gasteiger partial charge in [-0.15, -0.1) is 0 Å². The number of rotatable bonds is 7. The van der Waals surface area contributed by atoms with Crippen LogP contribution in [-0.2, 0) is 11.8 Å². The number of carbonyl (C=O) groups is 1. The van der Waals surface area contributed by atoms with Gasteiger partial charge in [0.2, 0.25) is 0 Å². The first kappa shape index (κ1) is 18.4. The quantitative estimate of drug-likeness (QED) is 0.717. The molecule has 2 N–H and O–H groups in total. The summed E-state index contributed by atoms with van der Waals surface area (Å²) in [6.07, 6.45) is 3.30. The van der Waals surface area contributed by atoms with Crippen LogP contribution < -0.4 is 5.73 Å². The number of benzene rings is 2. The van der Waals surface area contributed by atoms with E-state index in [9.17, 15) is 4.79 Å². The molecule has 0 bridgehead atoms. The summed E-state index contributed by atoms with van der Waals surface area (Å²) in [5.74, 6) is -0.0182. The maximum absolute atomic E-state index is 11.7. The summed E-state index contributed by atoms with van der Waals surface area (Å²) >= 11 is 0. The third-order valence-corrected chi connectivity index (χ3v) is 4.99. The Bertz CT molecular complexity index is 698. The molecule has 0 aliphatic carbocycles. The summed E-state index contributed by atoms with van der Waals surface area (Å²) in [4.78, 5) is 11.7. The van der Waals surface area contributed by atoms with E-state index >= 15 is 0 Å². The largest absolute Gasteiger partial charge is 0.324 e. The zero-order chi connectivity index (χ0) is 17.7. The van der Waals surface area contributed by atoms with Crippen molar-refractivity contribution in [2.24, 2.45) is 5.73 Å². The zero-order valence-corrected chi connectivity index (χ0v) is 15.4. The van der Waals surface area contributed by atoms with Gasteiger partial charge in [-0.1, -0.05) is 76.6 Å². The molecule has 0 unspecified atom stereocenters. The highest BCUT2D eigenvalue weighted by Crippen LogP contribution is 2.32. The fourth-order valence-electron chi connectivity index (χ4n) is 2.93. The van der Waals surface area contributed by atoms with Crippen molar-refractivity contribution in [1.82, 2.24) is 0 Å². The third-order valence-electron chi connectivity index (χ3n) is 4.99. The first-order valence-corrected chi connectivity index (χ1v) is 8.90. The maximum atomic E-state index is 11.7. The van der Waals surface area contributed by atoms with E-state index in [2.05, 4.69) is 45.9 Å². The Morgan fingerprint density at radius 3 is 2.25 bits per heavy atom. The van der Waals surface area contributed by atoms with Crippen LogP contribution >= 0.6 is 0 Å². The van der Waals surface area contributed by atoms with Crippen LogP contribution in [0.2, 0.25) is 0 Å². The van der Waals surface area contributed by atoms with Crippen molar-refractivity contribution in [2.75, 3.05) is 6.54 Å². The minimum Gasteiger partial charge on any atom is -0.324 e.